The van der Waals surface area contributed by atoms with Crippen molar-refractivity contribution < 1.29 is 18.0 Å². The van der Waals surface area contributed by atoms with E-state index in [9.17, 15) is 18.0 Å². The summed E-state index contributed by atoms with van der Waals surface area (Å²) in [5.41, 5.74) is 0.00669. The van der Waals surface area contributed by atoms with E-state index in [1.165, 1.54) is 17.0 Å². The summed E-state index contributed by atoms with van der Waals surface area (Å²) in [6.07, 6.45) is -3.89. The van der Waals surface area contributed by atoms with E-state index in [1.54, 1.807) is 0 Å². The minimum absolute atomic E-state index is 0.00669. The monoisotopic (exact) mass is 293 g/mol. The van der Waals surface area contributed by atoms with Gasteiger partial charge in [-0.3, -0.25) is 4.79 Å². The average Bonchev–Trinajstić information content (AvgIpc) is 2.38. The number of piperidine rings is 1. The Labute approximate surface area is 112 Å². The summed E-state index contributed by atoms with van der Waals surface area (Å²) in [6, 6.07) is 2.74. The topological polar surface area (TPSA) is 46.1 Å². The zero-order valence-corrected chi connectivity index (χ0v) is 10.6. The molecule has 1 aromatic rings. The second-order valence-corrected chi connectivity index (χ2v) is 4.76. The van der Waals surface area contributed by atoms with E-state index in [1.807, 2.05) is 0 Å². The van der Waals surface area contributed by atoms with E-state index >= 15 is 0 Å². The molecule has 104 valence electrons. The maximum absolute atomic E-state index is 12.7. The molecule has 19 heavy (non-hydrogen) atoms. The highest BCUT2D eigenvalue weighted by Crippen LogP contribution is 2.33. The summed E-state index contributed by atoms with van der Waals surface area (Å²) in [5, 5.41) is 7.22. The van der Waals surface area contributed by atoms with Gasteiger partial charge in [-0.1, -0.05) is 11.6 Å². The normalized spacial score (nSPS) is 20.4. The van der Waals surface area contributed by atoms with Crippen LogP contribution < -0.4 is 0 Å². The first-order chi connectivity index (χ1) is 8.88. The Balaban J connectivity index is 2.09. The highest BCUT2D eigenvalue weighted by molar-refractivity contribution is 6.29. The highest BCUT2D eigenvalue weighted by Gasteiger charge is 2.42. The van der Waals surface area contributed by atoms with Gasteiger partial charge in [0.05, 0.1) is 5.92 Å². The lowest BCUT2D eigenvalue weighted by atomic mass is 9.97. The number of halogens is 4. The van der Waals surface area contributed by atoms with E-state index in [0.717, 1.165) is 0 Å². The molecule has 1 unspecified atom stereocenters. The van der Waals surface area contributed by atoms with Crippen molar-refractivity contribution in [3.05, 3.63) is 23.0 Å². The number of likely N-dealkylation sites (tertiary alicyclic amines) is 1. The van der Waals surface area contributed by atoms with Crippen LogP contribution in [0.15, 0.2) is 12.1 Å². The van der Waals surface area contributed by atoms with Gasteiger partial charge in [0.2, 0.25) is 0 Å². The zero-order chi connectivity index (χ0) is 14.0. The highest BCUT2D eigenvalue weighted by atomic mass is 35.5. The van der Waals surface area contributed by atoms with Gasteiger partial charge in [-0.15, -0.1) is 10.2 Å². The van der Waals surface area contributed by atoms with Crippen LogP contribution in [-0.4, -0.2) is 40.3 Å². The molecular formula is C11H11ClF3N3O. The molecule has 0 aromatic carbocycles. The Morgan fingerprint density at radius 3 is 2.68 bits per heavy atom. The van der Waals surface area contributed by atoms with Gasteiger partial charge in [-0.05, 0) is 25.0 Å². The minimum atomic E-state index is -4.27. The molecule has 1 aromatic heterocycles. The van der Waals surface area contributed by atoms with Gasteiger partial charge in [0.25, 0.3) is 5.91 Å². The second kappa shape index (κ2) is 5.32. The van der Waals surface area contributed by atoms with Gasteiger partial charge in [0.15, 0.2) is 10.8 Å². The Hall–Kier alpha value is -1.37. The number of rotatable bonds is 1. The summed E-state index contributed by atoms with van der Waals surface area (Å²) >= 11 is 5.54. The maximum atomic E-state index is 12.7. The van der Waals surface area contributed by atoms with Crippen LogP contribution in [0.5, 0.6) is 0 Å². The molecule has 1 fully saturated rings. The first kappa shape index (κ1) is 14.0. The fourth-order valence-corrected chi connectivity index (χ4v) is 2.12. The van der Waals surface area contributed by atoms with Crippen molar-refractivity contribution in [1.82, 2.24) is 15.1 Å². The molecule has 1 amide bonds. The van der Waals surface area contributed by atoms with Crippen molar-refractivity contribution in [3.8, 4) is 0 Å². The Kier molecular flexibility index (Phi) is 3.93. The Morgan fingerprint density at radius 1 is 1.37 bits per heavy atom. The summed E-state index contributed by atoms with van der Waals surface area (Å²) < 4.78 is 38.0. The van der Waals surface area contributed by atoms with Crippen molar-refractivity contribution in [2.24, 2.45) is 5.92 Å². The molecule has 1 saturated heterocycles. The molecule has 8 heteroatoms. The molecule has 1 atom stereocenters. The molecule has 1 aliphatic heterocycles. The van der Waals surface area contributed by atoms with E-state index in [2.05, 4.69) is 10.2 Å². The average molecular weight is 294 g/mol. The van der Waals surface area contributed by atoms with Crippen LogP contribution in [0.3, 0.4) is 0 Å². The van der Waals surface area contributed by atoms with Crippen LogP contribution in [0.2, 0.25) is 5.15 Å². The molecule has 0 bridgehead atoms. The van der Waals surface area contributed by atoms with Gasteiger partial charge < -0.3 is 4.90 Å². The number of carbonyl (C=O) groups excluding carboxylic acids is 1. The molecule has 4 nitrogen and oxygen atoms in total. The van der Waals surface area contributed by atoms with Gasteiger partial charge in [0, 0.05) is 13.1 Å². The van der Waals surface area contributed by atoms with Gasteiger partial charge in [0.1, 0.15) is 0 Å². The van der Waals surface area contributed by atoms with Crippen LogP contribution >= 0.6 is 11.6 Å². The largest absolute Gasteiger partial charge is 0.393 e. The lowest BCUT2D eigenvalue weighted by Crippen LogP contribution is -2.44. The molecule has 2 heterocycles. The Bertz CT molecular complexity index is 463. The maximum Gasteiger partial charge on any atom is 0.393 e. The smallest absolute Gasteiger partial charge is 0.337 e. The van der Waals surface area contributed by atoms with Crippen molar-refractivity contribution in [3.63, 3.8) is 0 Å². The summed E-state index contributed by atoms with van der Waals surface area (Å²) in [5.74, 6) is -2.01. The second-order valence-electron chi connectivity index (χ2n) is 4.37. The number of hydrogen-bond donors (Lipinski definition) is 0. The predicted octanol–water partition coefficient (Wildman–Crippen LogP) is 2.54. The quantitative estimate of drug-likeness (QED) is 0.799. The summed E-state index contributed by atoms with van der Waals surface area (Å²) in [4.78, 5) is 13.2. The lowest BCUT2D eigenvalue weighted by Gasteiger charge is -2.33. The lowest BCUT2D eigenvalue weighted by molar-refractivity contribution is -0.184. The van der Waals surface area contributed by atoms with Crippen LogP contribution in [0.4, 0.5) is 13.2 Å². The molecule has 0 spiro atoms. The first-order valence-corrected chi connectivity index (χ1v) is 6.11. The fraction of sp³-hybridized carbons (Fsp3) is 0.545. The van der Waals surface area contributed by atoms with E-state index < -0.39 is 18.0 Å². The number of amides is 1. The third-order valence-corrected chi connectivity index (χ3v) is 3.22. The number of hydrogen-bond acceptors (Lipinski definition) is 3. The number of carbonyl (C=O) groups is 1. The number of nitrogens with zero attached hydrogens (tertiary/aromatic N) is 3. The van der Waals surface area contributed by atoms with Crippen molar-refractivity contribution in [2.75, 3.05) is 13.1 Å². The molecule has 1 aliphatic rings. The molecule has 2 rings (SSSR count). The van der Waals surface area contributed by atoms with E-state index in [0.29, 0.717) is 13.0 Å². The summed E-state index contributed by atoms with van der Waals surface area (Å²) in [6.45, 7) is -0.0254. The SMILES string of the molecule is O=C(c1ccc(Cl)nn1)N1CCCC(C(F)(F)F)C1. The fourth-order valence-electron chi connectivity index (χ4n) is 2.02. The minimum Gasteiger partial charge on any atom is -0.337 e. The first-order valence-electron chi connectivity index (χ1n) is 5.73. The van der Waals surface area contributed by atoms with Crippen LogP contribution in [-0.2, 0) is 0 Å². The number of alkyl halides is 3. The zero-order valence-electron chi connectivity index (χ0n) is 9.82. The van der Waals surface area contributed by atoms with Gasteiger partial charge in [-0.25, -0.2) is 0 Å². The standard InChI is InChI=1S/C11H11ClF3N3O/c12-9-4-3-8(16-17-9)10(19)18-5-1-2-7(6-18)11(13,14)15/h3-4,7H,1-2,5-6H2. The number of aromatic nitrogens is 2. The van der Waals surface area contributed by atoms with Crippen molar-refractivity contribution >= 4 is 17.5 Å². The van der Waals surface area contributed by atoms with Gasteiger partial charge in [-0.2, -0.15) is 13.2 Å². The van der Waals surface area contributed by atoms with Crippen LogP contribution in [0.1, 0.15) is 23.3 Å². The van der Waals surface area contributed by atoms with Gasteiger partial charge >= 0.3 is 6.18 Å². The predicted molar refractivity (Wildman–Crippen MR) is 61.7 cm³/mol. The summed E-state index contributed by atoms with van der Waals surface area (Å²) in [7, 11) is 0. The van der Waals surface area contributed by atoms with E-state index in [-0.39, 0.29) is 23.8 Å². The van der Waals surface area contributed by atoms with E-state index in [4.69, 9.17) is 11.6 Å². The third kappa shape index (κ3) is 3.34. The Morgan fingerprint density at radius 2 is 2.11 bits per heavy atom. The van der Waals surface area contributed by atoms with Crippen molar-refractivity contribution in [2.45, 2.75) is 19.0 Å². The molecule has 0 aliphatic carbocycles. The molecule has 0 N–H and O–H groups in total. The van der Waals surface area contributed by atoms with Crippen molar-refractivity contribution in [1.29, 1.82) is 0 Å². The molecule has 0 saturated carbocycles. The molecule has 0 radical (unpaired) electrons. The van der Waals surface area contributed by atoms with Crippen LogP contribution in [0.25, 0.3) is 0 Å². The molecular weight excluding hydrogens is 283 g/mol. The third-order valence-electron chi connectivity index (χ3n) is 3.02. The van der Waals surface area contributed by atoms with Crippen LogP contribution in [0, 0.1) is 5.92 Å².